The number of anilines is 6. The molecule has 0 amide bonds. The van der Waals surface area contributed by atoms with E-state index < -0.39 is 0 Å². The molecule has 0 spiro atoms. The van der Waals surface area contributed by atoms with Gasteiger partial charge in [-0.1, -0.05) is 57.2 Å². The van der Waals surface area contributed by atoms with Crippen LogP contribution in [0.1, 0.15) is 76.7 Å². The van der Waals surface area contributed by atoms with Gasteiger partial charge in [0, 0.05) is 45.3 Å². The van der Waals surface area contributed by atoms with Crippen molar-refractivity contribution >= 4 is 39.9 Å². The van der Waals surface area contributed by atoms with E-state index in [2.05, 4.69) is 148 Å². The Balaban J connectivity index is 1.08. The van der Waals surface area contributed by atoms with Crippen molar-refractivity contribution in [3.63, 3.8) is 0 Å². The highest BCUT2D eigenvalue weighted by Gasteiger charge is 2.22. The van der Waals surface area contributed by atoms with Crippen LogP contribution in [-0.2, 0) is 0 Å². The third-order valence-electron chi connectivity index (χ3n) is 11.2. The maximum atomic E-state index is 13.3. The normalized spacial score (nSPS) is 11.4. The first kappa shape index (κ1) is 41.4. The molecule has 0 saturated heterocycles. The summed E-state index contributed by atoms with van der Waals surface area (Å²) < 4.78 is 18.7. The molecular weight excluding hydrogens is 741 g/mol. The molecule has 0 bridgehead atoms. The Hall–Kier alpha value is -6.79. The largest absolute Gasteiger partial charge is 0.488 e. The van der Waals surface area contributed by atoms with Crippen LogP contribution in [0.2, 0.25) is 0 Å². The topological polar surface area (TPSA) is 51.2 Å². The number of hydrogen-bond acceptors (Lipinski definition) is 6. The van der Waals surface area contributed by atoms with E-state index in [0.717, 1.165) is 64.9 Å². The molecule has 0 radical (unpaired) electrons. The quantitative estimate of drug-likeness (QED) is 0.0856. The van der Waals surface area contributed by atoms with Crippen LogP contribution in [0.5, 0.6) is 23.0 Å². The summed E-state index contributed by atoms with van der Waals surface area (Å²) in [5.74, 6) is 2.90. The number of hydrogen-bond donors (Lipinski definition) is 0. The van der Waals surface area contributed by atoms with E-state index in [4.69, 9.17) is 14.2 Å². The van der Waals surface area contributed by atoms with E-state index >= 15 is 0 Å². The molecule has 0 aliphatic carbocycles. The molecule has 0 saturated carbocycles. The summed E-state index contributed by atoms with van der Waals surface area (Å²) in [7, 11) is 0. The van der Waals surface area contributed by atoms with Gasteiger partial charge in [-0.3, -0.25) is 4.79 Å². The minimum absolute atomic E-state index is 0.0554. The molecule has 0 atom stereocenters. The molecule has 7 aromatic rings. The number of ether oxygens (including phenoxy) is 3. The fraction of sp³-hybridized carbons (Fsp3) is 0.204. The van der Waals surface area contributed by atoms with E-state index in [9.17, 15) is 4.79 Å². The molecular formula is C54H54N2O4. The van der Waals surface area contributed by atoms with Crippen LogP contribution in [0.25, 0.3) is 0 Å². The van der Waals surface area contributed by atoms with E-state index in [-0.39, 0.29) is 17.0 Å². The van der Waals surface area contributed by atoms with Crippen molar-refractivity contribution in [3.8, 4) is 23.0 Å². The highest BCUT2D eigenvalue weighted by molar-refractivity contribution is 6.09. The molecule has 0 fully saturated rings. The van der Waals surface area contributed by atoms with Gasteiger partial charge in [0.1, 0.15) is 34.2 Å². The highest BCUT2D eigenvalue weighted by Crippen LogP contribution is 2.40. The van der Waals surface area contributed by atoms with Gasteiger partial charge in [-0.25, -0.2) is 0 Å². The van der Waals surface area contributed by atoms with Gasteiger partial charge >= 0.3 is 0 Å². The van der Waals surface area contributed by atoms with Gasteiger partial charge < -0.3 is 24.0 Å². The molecule has 0 aliphatic rings. The lowest BCUT2D eigenvalue weighted by Crippen LogP contribution is -2.30. The van der Waals surface area contributed by atoms with Gasteiger partial charge in [0.2, 0.25) is 0 Å². The van der Waals surface area contributed by atoms with Gasteiger partial charge in [-0.05, 0) is 186 Å². The number of rotatable bonds is 17. The zero-order chi connectivity index (χ0) is 42.1. The lowest BCUT2D eigenvalue weighted by atomic mass is 10.00. The first-order valence-electron chi connectivity index (χ1n) is 20.9. The second-order valence-electron chi connectivity index (χ2n) is 15.8. The Morgan fingerprint density at radius 1 is 0.400 bits per heavy atom. The summed E-state index contributed by atoms with van der Waals surface area (Å²) in [4.78, 5) is 17.8. The van der Waals surface area contributed by atoms with Crippen LogP contribution in [0.15, 0.2) is 182 Å². The number of ketones is 1. The van der Waals surface area contributed by atoms with Gasteiger partial charge in [-0.2, -0.15) is 0 Å². The molecule has 0 heterocycles. The average Bonchev–Trinajstić information content (AvgIpc) is 3.29. The SMILES string of the molecule is CCC(C)(C)Oc1ccc(C(=O)c2ccc(Oc3ccc(N(c4ccccc4)c4ccc(N(c5ccccc5)c5ccc(OC(C)(CC)CC)cc5)cc4)cc3)cc2)cc1. The van der Waals surface area contributed by atoms with Crippen molar-refractivity contribution < 1.29 is 19.0 Å². The molecule has 0 aromatic heterocycles. The number of carbonyl (C=O) groups excluding carboxylic acids is 1. The molecule has 7 rings (SSSR count). The number of carbonyl (C=O) groups is 1. The maximum absolute atomic E-state index is 13.3. The summed E-state index contributed by atoms with van der Waals surface area (Å²) in [6, 6.07) is 60.4. The fourth-order valence-electron chi connectivity index (χ4n) is 6.85. The summed E-state index contributed by atoms with van der Waals surface area (Å²) in [6.07, 6.45) is 2.77. The van der Waals surface area contributed by atoms with Crippen molar-refractivity contribution in [3.05, 3.63) is 193 Å². The predicted molar refractivity (Wildman–Crippen MR) is 247 cm³/mol. The van der Waals surface area contributed by atoms with Crippen molar-refractivity contribution in [1.29, 1.82) is 0 Å². The van der Waals surface area contributed by atoms with E-state index in [0.29, 0.717) is 22.6 Å². The van der Waals surface area contributed by atoms with Crippen LogP contribution >= 0.6 is 0 Å². The highest BCUT2D eigenvalue weighted by atomic mass is 16.5. The zero-order valence-corrected chi connectivity index (χ0v) is 35.5. The zero-order valence-electron chi connectivity index (χ0n) is 35.5. The molecule has 60 heavy (non-hydrogen) atoms. The summed E-state index contributed by atoms with van der Waals surface area (Å²) in [6.45, 7) is 12.7. The van der Waals surface area contributed by atoms with Gasteiger partial charge in [0.15, 0.2) is 5.78 Å². The second-order valence-corrected chi connectivity index (χ2v) is 15.8. The molecule has 0 aliphatic heterocycles. The lowest BCUT2D eigenvalue weighted by molar-refractivity contribution is 0.0803. The lowest BCUT2D eigenvalue weighted by Gasteiger charge is -2.30. The Morgan fingerprint density at radius 3 is 1.10 bits per heavy atom. The summed E-state index contributed by atoms with van der Waals surface area (Å²) in [5, 5.41) is 0. The van der Waals surface area contributed by atoms with Crippen LogP contribution < -0.4 is 24.0 Å². The third-order valence-corrected chi connectivity index (χ3v) is 11.2. The standard InChI is InChI=1S/C54H54N2O4/c1-7-53(4,5)59-50-34-22-41(23-35-50)52(57)40-20-32-48(33-21-40)58-49-36-28-46(29-37-49)55(42-16-12-10-13-17-42)44-24-26-45(27-25-44)56(43-18-14-11-15-19-43)47-30-38-51(39-31-47)60-54(6,8-2)9-3/h10-39H,7-9H2,1-6H3. The Kier molecular flexibility index (Phi) is 12.7. The third kappa shape index (κ3) is 9.90. The van der Waals surface area contributed by atoms with Crippen LogP contribution in [-0.4, -0.2) is 17.0 Å². The fourth-order valence-corrected chi connectivity index (χ4v) is 6.85. The first-order chi connectivity index (χ1) is 29.1. The van der Waals surface area contributed by atoms with Crippen molar-refractivity contribution in [1.82, 2.24) is 0 Å². The Bertz CT molecular complexity index is 2430. The Morgan fingerprint density at radius 2 is 0.717 bits per heavy atom. The van der Waals surface area contributed by atoms with Gasteiger partial charge in [0.05, 0.1) is 0 Å². The van der Waals surface area contributed by atoms with Crippen LogP contribution in [0.4, 0.5) is 34.1 Å². The number of para-hydroxylation sites is 2. The van der Waals surface area contributed by atoms with Gasteiger partial charge in [0.25, 0.3) is 0 Å². The maximum Gasteiger partial charge on any atom is 0.193 e. The first-order valence-corrected chi connectivity index (χ1v) is 20.9. The molecule has 6 heteroatoms. The molecule has 304 valence electrons. The van der Waals surface area contributed by atoms with E-state index in [1.165, 1.54) is 0 Å². The van der Waals surface area contributed by atoms with Crippen LogP contribution in [0.3, 0.4) is 0 Å². The van der Waals surface area contributed by atoms with E-state index in [1.807, 2.05) is 72.8 Å². The number of nitrogens with zero attached hydrogens (tertiary/aromatic N) is 2. The van der Waals surface area contributed by atoms with Crippen molar-refractivity contribution in [2.24, 2.45) is 0 Å². The molecule has 0 N–H and O–H groups in total. The van der Waals surface area contributed by atoms with Crippen LogP contribution in [0, 0.1) is 0 Å². The van der Waals surface area contributed by atoms with Crippen molar-refractivity contribution in [2.45, 2.75) is 72.0 Å². The molecule has 0 unspecified atom stereocenters. The molecule has 7 aromatic carbocycles. The average molecular weight is 795 g/mol. The summed E-state index contributed by atoms with van der Waals surface area (Å²) >= 11 is 0. The van der Waals surface area contributed by atoms with Crippen molar-refractivity contribution in [2.75, 3.05) is 9.80 Å². The Labute approximate surface area is 355 Å². The predicted octanol–water partition coefficient (Wildman–Crippen LogP) is 15.2. The van der Waals surface area contributed by atoms with E-state index in [1.54, 1.807) is 12.1 Å². The monoisotopic (exact) mass is 794 g/mol. The minimum Gasteiger partial charge on any atom is -0.488 e. The second kappa shape index (κ2) is 18.4. The number of benzene rings is 7. The summed E-state index contributed by atoms with van der Waals surface area (Å²) in [5.41, 5.74) is 6.91. The minimum atomic E-state index is -0.266. The van der Waals surface area contributed by atoms with Gasteiger partial charge in [-0.15, -0.1) is 0 Å². The smallest absolute Gasteiger partial charge is 0.193 e. The molecule has 6 nitrogen and oxygen atoms in total.